The second kappa shape index (κ2) is 6.65. The molecule has 3 nitrogen and oxygen atoms in total. The maximum atomic E-state index is 12.1. The maximum Gasteiger partial charge on any atom is 0.408 e. The van der Waals surface area contributed by atoms with E-state index in [2.05, 4.69) is 5.32 Å². The molecule has 0 aliphatic carbocycles. The van der Waals surface area contributed by atoms with Crippen LogP contribution in [0.1, 0.15) is 43.5 Å². The lowest BCUT2D eigenvalue weighted by Gasteiger charge is -2.24. The molecule has 2 aromatic rings. The summed E-state index contributed by atoms with van der Waals surface area (Å²) in [5.74, 6) is 0. The van der Waals surface area contributed by atoms with Crippen molar-refractivity contribution in [3.8, 4) is 0 Å². The largest absolute Gasteiger partial charge is 0.444 e. The Hall–Kier alpha value is -2.29. The van der Waals surface area contributed by atoms with Crippen LogP contribution in [0.3, 0.4) is 0 Å². The zero-order valence-electron chi connectivity index (χ0n) is 13.6. The van der Waals surface area contributed by atoms with Crippen LogP contribution in [0.5, 0.6) is 0 Å². The highest BCUT2D eigenvalue weighted by molar-refractivity contribution is 5.69. The number of amides is 1. The monoisotopic (exact) mass is 297 g/mol. The van der Waals surface area contributed by atoms with Gasteiger partial charge in [0.1, 0.15) is 5.60 Å². The standard InChI is InChI=1S/C19H23NO2/c1-14-10-12-16(13-11-14)17(15-8-6-5-7-9-15)20-18(21)22-19(2,3)4/h5-13,17H,1-4H3,(H,20,21)/t17-/m1/s1. The van der Waals surface area contributed by atoms with E-state index < -0.39 is 11.7 Å². The van der Waals surface area contributed by atoms with Gasteiger partial charge in [-0.15, -0.1) is 0 Å². The number of aryl methyl sites for hydroxylation is 1. The summed E-state index contributed by atoms with van der Waals surface area (Å²) in [5.41, 5.74) is 2.73. The van der Waals surface area contributed by atoms with Gasteiger partial charge >= 0.3 is 6.09 Å². The third-order valence-corrected chi connectivity index (χ3v) is 3.20. The van der Waals surface area contributed by atoms with Crippen molar-refractivity contribution in [1.29, 1.82) is 0 Å². The van der Waals surface area contributed by atoms with Gasteiger partial charge in [0.15, 0.2) is 0 Å². The molecule has 1 atom stereocenters. The van der Waals surface area contributed by atoms with Crippen LogP contribution in [0.4, 0.5) is 4.79 Å². The molecule has 0 fully saturated rings. The van der Waals surface area contributed by atoms with Crippen LogP contribution >= 0.6 is 0 Å². The van der Waals surface area contributed by atoms with E-state index in [0.717, 1.165) is 11.1 Å². The first-order chi connectivity index (χ1) is 10.3. The first kappa shape index (κ1) is 16.1. The van der Waals surface area contributed by atoms with Crippen molar-refractivity contribution in [3.05, 3.63) is 71.3 Å². The van der Waals surface area contributed by atoms with E-state index in [1.807, 2.05) is 82.3 Å². The summed E-state index contributed by atoms with van der Waals surface area (Å²) in [5, 5.41) is 2.96. The van der Waals surface area contributed by atoms with Gasteiger partial charge in [0.2, 0.25) is 0 Å². The topological polar surface area (TPSA) is 38.3 Å². The highest BCUT2D eigenvalue weighted by Crippen LogP contribution is 2.23. The molecule has 0 spiro atoms. The van der Waals surface area contributed by atoms with E-state index in [0.29, 0.717) is 0 Å². The number of benzene rings is 2. The molecule has 0 saturated heterocycles. The Kier molecular flexibility index (Phi) is 4.86. The van der Waals surface area contributed by atoms with E-state index in [9.17, 15) is 4.79 Å². The second-order valence-corrected chi connectivity index (χ2v) is 6.40. The molecule has 0 aromatic heterocycles. The van der Waals surface area contributed by atoms with Crippen LogP contribution in [0, 0.1) is 6.92 Å². The summed E-state index contributed by atoms with van der Waals surface area (Å²) in [6.07, 6.45) is -0.415. The van der Waals surface area contributed by atoms with Gasteiger partial charge in [-0.25, -0.2) is 4.79 Å². The first-order valence-electron chi connectivity index (χ1n) is 7.46. The fourth-order valence-electron chi connectivity index (χ4n) is 2.19. The molecule has 2 rings (SSSR count). The molecular formula is C19H23NO2. The van der Waals surface area contributed by atoms with Crippen molar-refractivity contribution in [2.45, 2.75) is 39.3 Å². The van der Waals surface area contributed by atoms with Gasteiger partial charge in [0.05, 0.1) is 6.04 Å². The number of ether oxygens (including phenoxy) is 1. The summed E-state index contributed by atoms with van der Waals surface area (Å²) < 4.78 is 5.38. The lowest BCUT2D eigenvalue weighted by atomic mass is 9.98. The van der Waals surface area contributed by atoms with Crippen molar-refractivity contribution in [1.82, 2.24) is 5.32 Å². The van der Waals surface area contributed by atoms with Crippen molar-refractivity contribution in [3.63, 3.8) is 0 Å². The lowest BCUT2D eigenvalue weighted by Crippen LogP contribution is -2.35. The van der Waals surface area contributed by atoms with E-state index in [4.69, 9.17) is 4.74 Å². The van der Waals surface area contributed by atoms with Gasteiger partial charge in [-0.3, -0.25) is 0 Å². The van der Waals surface area contributed by atoms with Crippen LogP contribution in [-0.4, -0.2) is 11.7 Å². The Bertz CT molecular complexity index is 612. The molecule has 0 unspecified atom stereocenters. The van der Waals surface area contributed by atoms with Crippen LogP contribution < -0.4 is 5.32 Å². The Morgan fingerprint density at radius 2 is 1.50 bits per heavy atom. The van der Waals surface area contributed by atoms with E-state index in [-0.39, 0.29) is 6.04 Å². The smallest absolute Gasteiger partial charge is 0.408 e. The van der Waals surface area contributed by atoms with E-state index >= 15 is 0 Å². The minimum atomic E-state index is -0.515. The lowest BCUT2D eigenvalue weighted by molar-refractivity contribution is 0.0512. The van der Waals surface area contributed by atoms with Crippen molar-refractivity contribution >= 4 is 6.09 Å². The number of hydrogen-bond donors (Lipinski definition) is 1. The average molecular weight is 297 g/mol. The van der Waals surface area contributed by atoms with Crippen LogP contribution in [0.15, 0.2) is 54.6 Å². The van der Waals surface area contributed by atoms with E-state index in [1.165, 1.54) is 5.56 Å². The number of carbonyl (C=O) groups is 1. The summed E-state index contributed by atoms with van der Waals surface area (Å²) in [7, 11) is 0. The predicted octanol–water partition coefficient (Wildman–Crippen LogP) is 4.61. The predicted molar refractivity (Wildman–Crippen MR) is 88.8 cm³/mol. The minimum absolute atomic E-state index is 0.225. The second-order valence-electron chi connectivity index (χ2n) is 6.40. The molecular weight excluding hydrogens is 274 g/mol. The molecule has 0 heterocycles. The first-order valence-corrected chi connectivity index (χ1v) is 7.46. The number of rotatable bonds is 3. The number of nitrogens with one attached hydrogen (secondary N) is 1. The molecule has 2 aromatic carbocycles. The highest BCUT2D eigenvalue weighted by Gasteiger charge is 2.21. The normalized spacial score (nSPS) is 12.5. The average Bonchev–Trinajstić information content (AvgIpc) is 2.45. The maximum absolute atomic E-state index is 12.1. The number of hydrogen-bond acceptors (Lipinski definition) is 2. The molecule has 3 heteroatoms. The Balaban J connectivity index is 2.26. The molecule has 0 aliphatic heterocycles. The van der Waals surface area contributed by atoms with Crippen LogP contribution in [0.2, 0.25) is 0 Å². The quantitative estimate of drug-likeness (QED) is 0.898. The molecule has 116 valence electrons. The SMILES string of the molecule is Cc1ccc([C@H](NC(=O)OC(C)(C)C)c2ccccc2)cc1. The Morgan fingerprint density at radius 3 is 2.05 bits per heavy atom. The summed E-state index contributed by atoms with van der Waals surface area (Å²) >= 11 is 0. The summed E-state index contributed by atoms with van der Waals surface area (Å²) in [6, 6.07) is 17.8. The van der Waals surface area contributed by atoms with Crippen molar-refractivity contribution in [2.75, 3.05) is 0 Å². The van der Waals surface area contributed by atoms with Crippen LogP contribution in [0.25, 0.3) is 0 Å². The van der Waals surface area contributed by atoms with Crippen molar-refractivity contribution in [2.24, 2.45) is 0 Å². The Morgan fingerprint density at radius 1 is 0.955 bits per heavy atom. The van der Waals surface area contributed by atoms with E-state index in [1.54, 1.807) is 0 Å². The zero-order chi connectivity index (χ0) is 16.2. The minimum Gasteiger partial charge on any atom is -0.444 e. The zero-order valence-corrected chi connectivity index (χ0v) is 13.6. The fourth-order valence-corrected chi connectivity index (χ4v) is 2.19. The van der Waals surface area contributed by atoms with Gasteiger partial charge < -0.3 is 10.1 Å². The van der Waals surface area contributed by atoms with Gasteiger partial charge in [0, 0.05) is 0 Å². The molecule has 0 bridgehead atoms. The van der Waals surface area contributed by atoms with Gasteiger partial charge in [0.25, 0.3) is 0 Å². The van der Waals surface area contributed by atoms with Crippen molar-refractivity contribution < 1.29 is 9.53 Å². The molecule has 0 aliphatic rings. The third kappa shape index (κ3) is 4.62. The Labute approximate surface area is 132 Å². The molecule has 0 saturated carbocycles. The molecule has 22 heavy (non-hydrogen) atoms. The number of carbonyl (C=O) groups excluding carboxylic acids is 1. The number of alkyl carbamates (subject to hydrolysis) is 1. The highest BCUT2D eigenvalue weighted by atomic mass is 16.6. The summed E-state index contributed by atoms with van der Waals surface area (Å²) in [4.78, 5) is 12.1. The van der Waals surface area contributed by atoms with Crippen LogP contribution in [-0.2, 0) is 4.74 Å². The third-order valence-electron chi connectivity index (χ3n) is 3.20. The molecule has 1 amide bonds. The fraction of sp³-hybridized carbons (Fsp3) is 0.316. The molecule has 0 radical (unpaired) electrons. The van der Waals surface area contributed by atoms with Gasteiger partial charge in [-0.1, -0.05) is 60.2 Å². The summed E-state index contributed by atoms with van der Waals surface area (Å²) in [6.45, 7) is 7.62. The van der Waals surface area contributed by atoms with Gasteiger partial charge in [-0.2, -0.15) is 0 Å². The molecule has 1 N–H and O–H groups in total. The van der Waals surface area contributed by atoms with Gasteiger partial charge in [-0.05, 0) is 38.8 Å².